The average molecular weight is 287 g/mol. The number of ether oxygens (including phenoxy) is 1. The first-order chi connectivity index (χ1) is 9.78. The zero-order chi connectivity index (χ0) is 13.9. The Labute approximate surface area is 124 Å². The Hall–Kier alpha value is -1.32. The molecule has 3 rings (SSSR count). The first kappa shape index (κ1) is 13.7. The van der Waals surface area contributed by atoms with Gasteiger partial charge in [0, 0.05) is 23.9 Å². The van der Waals surface area contributed by atoms with Crippen LogP contribution in [0.15, 0.2) is 29.6 Å². The van der Waals surface area contributed by atoms with Gasteiger partial charge in [-0.25, -0.2) is 0 Å². The monoisotopic (exact) mass is 287 g/mol. The van der Waals surface area contributed by atoms with Crippen molar-refractivity contribution >= 4 is 11.3 Å². The van der Waals surface area contributed by atoms with Gasteiger partial charge in [0.25, 0.3) is 0 Å². The molecule has 2 aromatic rings. The highest BCUT2D eigenvalue weighted by molar-refractivity contribution is 7.10. The number of benzene rings is 1. The van der Waals surface area contributed by atoms with Gasteiger partial charge in [0.05, 0.1) is 6.61 Å². The third-order valence-corrected chi connectivity index (χ3v) is 4.96. The lowest BCUT2D eigenvalue weighted by molar-refractivity contribution is 0.356. The zero-order valence-electron chi connectivity index (χ0n) is 12.1. The summed E-state index contributed by atoms with van der Waals surface area (Å²) in [5, 5.41) is 5.82. The molecule has 1 unspecified atom stereocenters. The van der Waals surface area contributed by atoms with Crippen LogP contribution in [0.2, 0.25) is 0 Å². The molecule has 2 nitrogen and oxygen atoms in total. The molecule has 0 spiro atoms. The van der Waals surface area contributed by atoms with Crippen LogP contribution in [0.25, 0.3) is 0 Å². The van der Waals surface area contributed by atoms with Crippen molar-refractivity contribution in [3.63, 3.8) is 0 Å². The Balaban J connectivity index is 1.66. The molecule has 0 saturated heterocycles. The Morgan fingerprint density at radius 1 is 1.35 bits per heavy atom. The molecule has 0 fully saturated rings. The van der Waals surface area contributed by atoms with Gasteiger partial charge < -0.3 is 10.1 Å². The van der Waals surface area contributed by atoms with Crippen molar-refractivity contribution in [2.24, 2.45) is 0 Å². The molecule has 0 saturated carbocycles. The third kappa shape index (κ3) is 2.74. The van der Waals surface area contributed by atoms with Gasteiger partial charge >= 0.3 is 0 Å². The lowest BCUT2D eigenvalue weighted by Gasteiger charge is -2.15. The molecule has 1 N–H and O–H groups in total. The van der Waals surface area contributed by atoms with Gasteiger partial charge in [-0.2, -0.15) is 0 Å². The second-order valence-corrected chi connectivity index (χ2v) is 6.29. The second-order valence-electron chi connectivity index (χ2n) is 5.29. The van der Waals surface area contributed by atoms with Gasteiger partial charge in [-0.05, 0) is 47.5 Å². The van der Waals surface area contributed by atoms with Crippen molar-refractivity contribution in [3.8, 4) is 5.75 Å². The minimum Gasteiger partial charge on any atom is -0.493 e. The highest BCUT2D eigenvalue weighted by Crippen LogP contribution is 2.28. The lowest BCUT2D eigenvalue weighted by atomic mass is 10.0. The Bertz CT molecular complexity index is 590. The third-order valence-electron chi connectivity index (χ3n) is 4.00. The average Bonchev–Trinajstić information content (AvgIpc) is 3.12. The first-order valence-electron chi connectivity index (χ1n) is 7.32. The van der Waals surface area contributed by atoms with Gasteiger partial charge in [0.1, 0.15) is 5.75 Å². The maximum atomic E-state index is 5.56. The highest BCUT2D eigenvalue weighted by Gasteiger charge is 2.14. The number of hydrogen-bond acceptors (Lipinski definition) is 3. The number of thiophene rings is 1. The van der Waals surface area contributed by atoms with Crippen LogP contribution in [0.1, 0.15) is 41.5 Å². The summed E-state index contributed by atoms with van der Waals surface area (Å²) in [5.74, 6) is 1.06. The van der Waals surface area contributed by atoms with Gasteiger partial charge in [-0.1, -0.05) is 19.1 Å². The topological polar surface area (TPSA) is 21.3 Å². The van der Waals surface area contributed by atoms with E-state index in [4.69, 9.17) is 4.74 Å². The molecule has 20 heavy (non-hydrogen) atoms. The summed E-state index contributed by atoms with van der Waals surface area (Å²) in [5.41, 5.74) is 4.17. The molecule has 106 valence electrons. The molecular formula is C17H21NOS. The van der Waals surface area contributed by atoms with E-state index in [1.807, 2.05) is 11.3 Å². The van der Waals surface area contributed by atoms with E-state index in [-0.39, 0.29) is 0 Å². The van der Waals surface area contributed by atoms with Crippen LogP contribution in [0.5, 0.6) is 5.75 Å². The SMILES string of the molecule is CCc1ccsc1CNC(C)c1ccc2c(c1)CCO2. The van der Waals surface area contributed by atoms with Crippen LogP contribution in [-0.2, 0) is 19.4 Å². The summed E-state index contributed by atoms with van der Waals surface area (Å²) in [6.07, 6.45) is 2.16. The molecule has 3 heteroatoms. The molecule has 1 aromatic heterocycles. The van der Waals surface area contributed by atoms with E-state index >= 15 is 0 Å². The molecule has 2 heterocycles. The Morgan fingerprint density at radius 2 is 2.25 bits per heavy atom. The van der Waals surface area contributed by atoms with Gasteiger partial charge in [0.15, 0.2) is 0 Å². The van der Waals surface area contributed by atoms with Gasteiger partial charge in [-0.15, -0.1) is 11.3 Å². The summed E-state index contributed by atoms with van der Waals surface area (Å²) in [6, 6.07) is 9.18. The van der Waals surface area contributed by atoms with Crippen LogP contribution in [-0.4, -0.2) is 6.61 Å². The fourth-order valence-electron chi connectivity index (χ4n) is 2.68. The molecule has 1 atom stereocenters. The van der Waals surface area contributed by atoms with E-state index in [1.54, 1.807) is 0 Å². The second kappa shape index (κ2) is 5.98. The highest BCUT2D eigenvalue weighted by atomic mass is 32.1. The van der Waals surface area contributed by atoms with Crippen molar-refractivity contribution in [3.05, 3.63) is 51.2 Å². The van der Waals surface area contributed by atoms with Gasteiger partial charge in [0.2, 0.25) is 0 Å². The van der Waals surface area contributed by atoms with E-state index in [2.05, 4.69) is 48.8 Å². The summed E-state index contributed by atoms with van der Waals surface area (Å²) < 4.78 is 5.56. The minimum atomic E-state index is 0.368. The molecule has 0 amide bonds. The molecule has 1 aliphatic rings. The Kier molecular flexibility index (Phi) is 4.08. The van der Waals surface area contributed by atoms with Crippen LogP contribution < -0.4 is 10.1 Å². The van der Waals surface area contributed by atoms with E-state index < -0.39 is 0 Å². The number of hydrogen-bond donors (Lipinski definition) is 1. The lowest BCUT2D eigenvalue weighted by Crippen LogP contribution is -2.18. The van der Waals surface area contributed by atoms with Crippen LogP contribution in [0.3, 0.4) is 0 Å². The maximum Gasteiger partial charge on any atom is 0.122 e. The van der Waals surface area contributed by atoms with E-state index in [9.17, 15) is 0 Å². The number of fused-ring (bicyclic) bond motifs is 1. The predicted octanol–water partition coefficient (Wildman–Crippen LogP) is 4.10. The minimum absolute atomic E-state index is 0.368. The molecule has 1 aliphatic heterocycles. The van der Waals surface area contributed by atoms with Crippen molar-refractivity contribution in [1.29, 1.82) is 0 Å². The molecule has 0 bridgehead atoms. The van der Waals surface area contributed by atoms with E-state index in [1.165, 1.54) is 21.6 Å². The van der Waals surface area contributed by atoms with E-state index in [0.717, 1.165) is 31.7 Å². The molecule has 0 radical (unpaired) electrons. The van der Waals surface area contributed by atoms with Crippen molar-refractivity contribution in [2.45, 2.75) is 39.3 Å². The molecule has 1 aromatic carbocycles. The number of rotatable bonds is 5. The normalized spacial score (nSPS) is 14.9. The smallest absolute Gasteiger partial charge is 0.122 e. The van der Waals surface area contributed by atoms with Crippen molar-refractivity contribution in [2.75, 3.05) is 6.61 Å². The van der Waals surface area contributed by atoms with Crippen LogP contribution >= 0.6 is 11.3 Å². The predicted molar refractivity (Wildman–Crippen MR) is 84.6 cm³/mol. The first-order valence-corrected chi connectivity index (χ1v) is 8.20. The number of aryl methyl sites for hydroxylation is 1. The van der Waals surface area contributed by atoms with Crippen LogP contribution in [0.4, 0.5) is 0 Å². The molecular weight excluding hydrogens is 266 g/mol. The molecule has 0 aliphatic carbocycles. The quantitative estimate of drug-likeness (QED) is 0.894. The van der Waals surface area contributed by atoms with Gasteiger partial charge in [-0.3, -0.25) is 0 Å². The Morgan fingerprint density at radius 3 is 3.10 bits per heavy atom. The summed E-state index contributed by atoms with van der Waals surface area (Å²) in [7, 11) is 0. The summed E-state index contributed by atoms with van der Waals surface area (Å²) in [4.78, 5) is 1.46. The van der Waals surface area contributed by atoms with Crippen molar-refractivity contribution < 1.29 is 4.74 Å². The van der Waals surface area contributed by atoms with E-state index in [0.29, 0.717) is 6.04 Å². The van der Waals surface area contributed by atoms with Crippen molar-refractivity contribution in [1.82, 2.24) is 5.32 Å². The summed E-state index contributed by atoms with van der Waals surface area (Å²) >= 11 is 1.85. The fraction of sp³-hybridized carbons (Fsp3) is 0.412. The van der Waals surface area contributed by atoms with Crippen LogP contribution in [0, 0.1) is 0 Å². The standard InChI is InChI=1S/C17H21NOS/c1-3-13-7-9-20-17(13)11-18-12(2)14-4-5-16-15(10-14)6-8-19-16/h4-5,7,9-10,12,18H,3,6,8,11H2,1-2H3. The number of nitrogens with one attached hydrogen (secondary N) is 1. The summed E-state index contributed by atoms with van der Waals surface area (Å²) in [6.45, 7) is 6.23. The largest absolute Gasteiger partial charge is 0.493 e. The fourth-order valence-corrected chi connectivity index (χ4v) is 3.60. The zero-order valence-corrected chi connectivity index (χ0v) is 12.9. The maximum absolute atomic E-state index is 5.56.